The number of imidazole rings is 1. The van der Waals surface area contributed by atoms with Crippen LogP contribution in [0.4, 0.5) is 0 Å². The molecule has 0 saturated carbocycles. The highest BCUT2D eigenvalue weighted by Gasteiger charge is 2.09. The maximum absolute atomic E-state index is 4.54. The first kappa shape index (κ1) is 9.71. The minimum Gasteiger partial charge on any atom is -0.322 e. The summed E-state index contributed by atoms with van der Waals surface area (Å²) in [6, 6.07) is 10.2. The summed E-state index contributed by atoms with van der Waals surface area (Å²) in [6.45, 7) is 2.04. The Kier molecular flexibility index (Phi) is 2.58. The van der Waals surface area contributed by atoms with E-state index < -0.39 is 0 Å². The van der Waals surface area contributed by atoms with Crippen molar-refractivity contribution in [3.8, 4) is 11.4 Å². The Hall–Kier alpha value is -0.840. The number of halogens is 1. The summed E-state index contributed by atoms with van der Waals surface area (Å²) in [5.74, 6) is 1.03. The van der Waals surface area contributed by atoms with E-state index in [4.69, 9.17) is 0 Å². The smallest absolute Gasteiger partial charge is 0.140 e. The molecule has 0 amide bonds. The molecule has 0 saturated heterocycles. The maximum atomic E-state index is 4.54. The van der Waals surface area contributed by atoms with Crippen molar-refractivity contribution in [1.82, 2.24) is 9.55 Å². The highest BCUT2D eigenvalue weighted by atomic mass is 127. The molecule has 2 nitrogen and oxygen atoms in total. The molecule has 0 aliphatic rings. The molecule has 0 aliphatic carbocycles. The lowest BCUT2D eigenvalue weighted by molar-refractivity contribution is 0.897. The fraction of sp³-hybridized carbons (Fsp3) is 0.182. The lowest BCUT2D eigenvalue weighted by Gasteiger charge is -2.01. The predicted molar refractivity (Wildman–Crippen MR) is 66.1 cm³/mol. The zero-order valence-corrected chi connectivity index (χ0v) is 10.3. The van der Waals surface area contributed by atoms with Gasteiger partial charge in [-0.3, -0.25) is 0 Å². The van der Waals surface area contributed by atoms with Crippen LogP contribution in [0, 0.1) is 10.6 Å². The maximum Gasteiger partial charge on any atom is 0.140 e. The van der Waals surface area contributed by atoms with Gasteiger partial charge in [-0.15, -0.1) is 0 Å². The topological polar surface area (TPSA) is 17.8 Å². The minimum atomic E-state index is 1.03. The molecule has 0 spiro atoms. The molecule has 0 radical (unpaired) electrons. The summed E-state index contributed by atoms with van der Waals surface area (Å²) in [5.41, 5.74) is 2.26. The van der Waals surface area contributed by atoms with E-state index in [0.717, 1.165) is 11.5 Å². The SMILES string of the molecule is Cc1nc(-c2ccccc2)n(C)c1I. The fourth-order valence-electron chi connectivity index (χ4n) is 1.46. The van der Waals surface area contributed by atoms with Crippen molar-refractivity contribution in [2.45, 2.75) is 6.92 Å². The average Bonchev–Trinajstić information content (AvgIpc) is 2.47. The van der Waals surface area contributed by atoms with Crippen molar-refractivity contribution in [1.29, 1.82) is 0 Å². The lowest BCUT2D eigenvalue weighted by Crippen LogP contribution is -1.94. The first-order valence-electron chi connectivity index (χ1n) is 4.44. The minimum absolute atomic E-state index is 1.03. The van der Waals surface area contributed by atoms with Crippen molar-refractivity contribution < 1.29 is 0 Å². The summed E-state index contributed by atoms with van der Waals surface area (Å²) >= 11 is 2.32. The standard InChI is InChI=1S/C11H11IN2/c1-8-10(12)14(2)11(13-8)9-6-4-3-5-7-9/h3-7H,1-2H3. The van der Waals surface area contributed by atoms with Crippen molar-refractivity contribution in [3.63, 3.8) is 0 Å². The number of rotatable bonds is 1. The van der Waals surface area contributed by atoms with Gasteiger partial charge >= 0.3 is 0 Å². The number of hydrogen-bond donors (Lipinski definition) is 0. The van der Waals surface area contributed by atoms with E-state index in [1.165, 1.54) is 9.26 Å². The van der Waals surface area contributed by atoms with E-state index in [0.29, 0.717) is 0 Å². The molecule has 0 unspecified atom stereocenters. The molecule has 1 heterocycles. The second kappa shape index (κ2) is 3.73. The molecule has 0 atom stereocenters. The van der Waals surface area contributed by atoms with Crippen LogP contribution in [0.3, 0.4) is 0 Å². The number of nitrogens with zero attached hydrogens (tertiary/aromatic N) is 2. The van der Waals surface area contributed by atoms with Gasteiger partial charge in [-0.05, 0) is 29.5 Å². The summed E-state index contributed by atoms with van der Waals surface area (Å²) in [7, 11) is 2.05. The van der Waals surface area contributed by atoms with Gasteiger partial charge in [0.05, 0.1) is 5.69 Å². The van der Waals surface area contributed by atoms with Gasteiger partial charge in [-0.1, -0.05) is 30.3 Å². The second-order valence-electron chi connectivity index (χ2n) is 3.24. The number of aryl methyl sites for hydroxylation is 1. The third-order valence-corrected chi connectivity index (χ3v) is 3.72. The number of benzene rings is 1. The van der Waals surface area contributed by atoms with Gasteiger partial charge < -0.3 is 4.57 Å². The highest BCUT2D eigenvalue weighted by molar-refractivity contribution is 14.1. The van der Waals surface area contributed by atoms with Crippen molar-refractivity contribution in [2.75, 3.05) is 0 Å². The molecule has 0 bridgehead atoms. The molecule has 0 fully saturated rings. The number of aromatic nitrogens is 2. The number of hydrogen-bond acceptors (Lipinski definition) is 1. The Morgan fingerprint density at radius 2 is 1.86 bits per heavy atom. The Balaban J connectivity index is 2.58. The third kappa shape index (κ3) is 1.56. The van der Waals surface area contributed by atoms with E-state index in [1.54, 1.807) is 0 Å². The Morgan fingerprint density at radius 3 is 2.36 bits per heavy atom. The van der Waals surface area contributed by atoms with Crippen molar-refractivity contribution in [2.24, 2.45) is 7.05 Å². The summed E-state index contributed by atoms with van der Waals surface area (Å²) < 4.78 is 3.31. The van der Waals surface area contributed by atoms with Gasteiger partial charge in [-0.25, -0.2) is 4.98 Å². The monoisotopic (exact) mass is 298 g/mol. The van der Waals surface area contributed by atoms with Gasteiger partial charge in [-0.2, -0.15) is 0 Å². The van der Waals surface area contributed by atoms with E-state index in [-0.39, 0.29) is 0 Å². The third-order valence-electron chi connectivity index (χ3n) is 2.22. The molecular formula is C11H11IN2. The van der Waals surface area contributed by atoms with Gasteiger partial charge in [0.1, 0.15) is 9.53 Å². The molecule has 0 N–H and O–H groups in total. The Bertz CT molecular complexity index is 446. The van der Waals surface area contributed by atoms with E-state index in [2.05, 4.69) is 44.3 Å². The molecule has 72 valence electrons. The van der Waals surface area contributed by atoms with Gasteiger partial charge in [0.2, 0.25) is 0 Å². The molecular weight excluding hydrogens is 287 g/mol. The second-order valence-corrected chi connectivity index (χ2v) is 4.26. The Labute approximate surface area is 97.1 Å². The molecule has 2 rings (SSSR count). The van der Waals surface area contributed by atoms with Crippen LogP contribution in [0.1, 0.15) is 5.69 Å². The lowest BCUT2D eigenvalue weighted by atomic mass is 10.2. The summed E-state index contributed by atoms with van der Waals surface area (Å²) in [4.78, 5) is 4.54. The highest BCUT2D eigenvalue weighted by Crippen LogP contribution is 2.21. The van der Waals surface area contributed by atoms with Gasteiger partial charge in [0.25, 0.3) is 0 Å². The molecule has 1 aromatic carbocycles. The van der Waals surface area contributed by atoms with Crippen LogP contribution >= 0.6 is 22.6 Å². The van der Waals surface area contributed by atoms with Crippen molar-refractivity contribution in [3.05, 3.63) is 39.7 Å². The molecule has 3 heteroatoms. The van der Waals surface area contributed by atoms with Gasteiger partial charge in [0.15, 0.2) is 0 Å². The zero-order chi connectivity index (χ0) is 10.1. The summed E-state index contributed by atoms with van der Waals surface area (Å²) in [6.07, 6.45) is 0. The average molecular weight is 298 g/mol. The first-order valence-corrected chi connectivity index (χ1v) is 5.52. The van der Waals surface area contributed by atoms with Crippen LogP contribution in [-0.4, -0.2) is 9.55 Å². The van der Waals surface area contributed by atoms with Crippen LogP contribution in [0.25, 0.3) is 11.4 Å². The van der Waals surface area contributed by atoms with Gasteiger partial charge in [0, 0.05) is 12.6 Å². The molecule has 2 aromatic rings. The predicted octanol–water partition coefficient (Wildman–Crippen LogP) is 3.00. The van der Waals surface area contributed by atoms with Crippen LogP contribution in [0.5, 0.6) is 0 Å². The van der Waals surface area contributed by atoms with Crippen LogP contribution < -0.4 is 0 Å². The molecule has 14 heavy (non-hydrogen) atoms. The van der Waals surface area contributed by atoms with Crippen LogP contribution in [-0.2, 0) is 7.05 Å². The summed E-state index contributed by atoms with van der Waals surface area (Å²) in [5, 5.41) is 0. The van der Waals surface area contributed by atoms with E-state index >= 15 is 0 Å². The van der Waals surface area contributed by atoms with E-state index in [1.807, 2.05) is 32.2 Å². The van der Waals surface area contributed by atoms with Crippen molar-refractivity contribution >= 4 is 22.6 Å². The zero-order valence-electron chi connectivity index (χ0n) is 8.16. The largest absolute Gasteiger partial charge is 0.322 e. The quantitative estimate of drug-likeness (QED) is 0.740. The first-order chi connectivity index (χ1) is 6.70. The molecule has 0 aliphatic heterocycles. The fourth-order valence-corrected chi connectivity index (χ4v) is 1.81. The van der Waals surface area contributed by atoms with Crippen LogP contribution in [0.2, 0.25) is 0 Å². The Morgan fingerprint density at radius 1 is 1.21 bits per heavy atom. The van der Waals surface area contributed by atoms with Crippen LogP contribution in [0.15, 0.2) is 30.3 Å². The molecule has 1 aromatic heterocycles. The van der Waals surface area contributed by atoms with E-state index in [9.17, 15) is 0 Å². The normalized spacial score (nSPS) is 10.5.